The second-order valence-electron chi connectivity index (χ2n) is 8.17. The van der Waals surface area contributed by atoms with Gasteiger partial charge < -0.3 is 25.2 Å². The zero-order valence-electron chi connectivity index (χ0n) is 19.7. The zero-order chi connectivity index (χ0) is 22.8. The second-order valence-corrected chi connectivity index (χ2v) is 8.17. The topological polar surface area (TPSA) is 82.1 Å². The number of halogens is 1. The minimum absolute atomic E-state index is 0. The molecular formula is C24H35IN6O2. The van der Waals surface area contributed by atoms with Crippen LogP contribution in [0.2, 0.25) is 0 Å². The van der Waals surface area contributed by atoms with E-state index in [-0.39, 0.29) is 36.4 Å². The first-order valence-electron chi connectivity index (χ1n) is 11.1. The Hall–Kier alpha value is -2.56. The molecule has 0 atom stereocenters. The number of hydrogen-bond acceptors (Lipinski definition) is 5. The average Bonchev–Trinajstić information content (AvgIpc) is 2.84. The van der Waals surface area contributed by atoms with E-state index in [0.29, 0.717) is 18.4 Å². The highest BCUT2D eigenvalue weighted by Crippen LogP contribution is 2.22. The Morgan fingerprint density at radius 1 is 1.12 bits per heavy atom. The first kappa shape index (κ1) is 26.7. The Morgan fingerprint density at radius 2 is 1.79 bits per heavy atom. The number of nitrogens with one attached hydrogen (secondary N) is 2. The number of likely N-dealkylation sites (N-methyl/N-ethyl adjacent to an activating group) is 1. The van der Waals surface area contributed by atoms with Crippen LogP contribution < -0.4 is 20.3 Å². The van der Waals surface area contributed by atoms with Crippen molar-refractivity contribution in [2.45, 2.75) is 19.4 Å². The van der Waals surface area contributed by atoms with Crippen LogP contribution >= 0.6 is 24.0 Å². The van der Waals surface area contributed by atoms with E-state index in [2.05, 4.69) is 32.7 Å². The van der Waals surface area contributed by atoms with Crippen LogP contribution in [0, 0.1) is 5.92 Å². The van der Waals surface area contributed by atoms with Crippen molar-refractivity contribution in [3.63, 3.8) is 0 Å². The van der Waals surface area contributed by atoms with Crippen LogP contribution in [0.25, 0.3) is 0 Å². The molecule has 8 nitrogen and oxygen atoms in total. The van der Waals surface area contributed by atoms with E-state index in [0.717, 1.165) is 43.8 Å². The summed E-state index contributed by atoms with van der Waals surface area (Å²) in [6.07, 6.45) is 5.90. The summed E-state index contributed by atoms with van der Waals surface area (Å²) >= 11 is 0. The summed E-state index contributed by atoms with van der Waals surface area (Å²) in [6, 6.07) is 12.0. The van der Waals surface area contributed by atoms with E-state index in [1.54, 1.807) is 26.1 Å². The number of nitrogens with zero attached hydrogens (tertiary/aromatic N) is 4. The molecular weight excluding hydrogens is 531 g/mol. The number of piperidine rings is 1. The van der Waals surface area contributed by atoms with Gasteiger partial charge in [0.15, 0.2) is 5.96 Å². The first-order chi connectivity index (χ1) is 15.5. The van der Waals surface area contributed by atoms with Gasteiger partial charge in [-0.15, -0.1) is 24.0 Å². The van der Waals surface area contributed by atoms with Crippen LogP contribution in [-0.4, -0.2) is 69.1 Å². The summed E-state index contributed by atoms with van der Waals surface area (Å²) in [6.45, 7) is 3.62. The van der Waals surface area contributed by atoms with Crippen molar-refractivity contribution in [2.24, 2.45) is 10.9 Å². The van der Waals surface area contributed by atoms with Crippen LogP contribution in [0.15, 0.2) is 53.8 Å². The lowest BCUT2D eigenvalue weighted by molar-refractivity contribution is -0.127. The lowest BCUT2D eigenvalue weighted by Gasteiger charge is -2.33. The van der Waals surface area contributed by atoms with Gasteiger partial charge in [0, 0.05) is 51.8 Å². The first-order valence-corrected chi connectivity index (χ1v) is 11.1. The molecule has 0 radical (unpaired) electrons. The number of carbonyl (C=O) groups excluding carboxylic acids is 1. The van der Waals surface area contributed by atoms with E-state index in [1.165, 1.54) is 5.69 Å². The quantitative estimate of drug-likeness (QED) is 0.291. The third kappa shape index (κ3) is 8.71. The van der Waals surface area contributed by atoms with Gasteiger partial charge in [-0.25, -0.2) is 4.99 Å². The fraction of sp³-hybridized carbons (Fsp3) is 0.458. The molecule has 0 spiro atoms. The molecule has 2 aromatic rings. The van der Waals surface area contributed by atoms with E-state index in [4.69, 9.17) is 9.73 Å². The molecule has 1 aliphatic rings. The highest BCUT2D eigenvalue weighted by molar-refractivity contribution is 14.0. The number of pyridine rings is 1. The van der Waals surface area contributed by atoms with Crippen molar-refractivity contribution in [3.8, 4) is 5.75 Å². The number of aliphatic imine (C=N–C) groups is 1. The number of ether oxygens (including phenoxy) is 1. The molecule has 1 aromatic heterocycles. The van der Waals surface area contributed by atoms with Crippen molar-refractivity contribution in [2.75, 3.05) is 52.3 Å². The molecule has 1 aliphatic heterocycles. The Morgan fingerprint density at radius 3 is 2.39 bits per heavy atom. The van der Waals surface area contributed by atoms with Crippen molar-refractivity contribution < 1.29 is 9.53 Å². The third-order valence-corrected chi connectivity index (χ3v) is 5.69. The maximum absolute atomic E-state index is 12.0. The minimum atomic E-state index is 0. The molecule has 1 amide bonds. The molecule has 0 unspecified atom stereocenters. The molecule has 1 aromatic carbocycles. The molecule has 9 heteroatoms. The maximum Gasteiger partial charge on any atom is 0.241 e. The summed E-state index contributed by atoms with van der Waals surface area (Å²) in [5.41, 5.74) is 2.31. The molecule has 0 bridgehead atoms. The lowest BCUT2D eigenvalue weighted by Crippen LogP contribution is -2.45. The van der Waals surface area contributed by atoms with Crippen molar-refractivity contribution in [1.82, 2.24) is 20.5 Å². The highest BCUT2D eigenvalue weighted by atomic mass is 127. The highest BCUT2D eigenvalue weighted by Gasteiger charge is 2.19. The van der Waals surface area contributed by atoms with Crippen molar-refractivity contribution >= 4 is 41.5 Å². The van der Waals surface area contributed by atoms with E-state index < -0.39 is 0 Å². The van der Waals surface area contributed by atoms with Crippen molar-refractivity contribution in [3.05, 3.63) is 54.4 Å². The van der Waals surface area contributed by atoms with Gasteiger partial charge in [-0.1, -0.05) is 12.1 Å². The Labute approximate surface area is 213 Å². The summed E-state index contributed by atoms with van der Waals surface area (Å²) in [7, 11) is 5.16. The number of rotatable bonds is 8. The zero-order valence-corrected chi connectivity index (χ0v) is 22.0. The molecule has 1 fully saturated rings. The number of hydrogen-bond donors (Lipinski definition) is 2. The van der Waals surface area contributed by atoms with E-state index in [1.807, 2.05) is 36.7 Å². The van der Waals surface area contributed by atoms with Gasteiger partial charge in [-0.3, -0.25) is 9.78 Å². The second kappa shape index (κ2) is 13.9. The summed E-state index contributed by atoms with van der Waals surface area (Å²) in [4.78, 5) is 24.8. The smallest absolute Gasteiger partial charge is 0.241 e. The fourth-order valence-electron chi connectivity index (χ4n) is 3.58. The standard InChI is InChI=1S/C24H34N6O2.HI/c1-29(2)23(31)18-28-24(26-16-19-4-6-22(32-3)7-5-19)27-17-20-10-14-30(15-11-20)21-8-12-25-13-9-21;/h4-9,12-13,20H,10-11,14-18H2,1-3H3,(H2,26,27,28);1H. The van der Waals surface area contributed by atoms with Gasteiger partial charge in [0.25, 0.3) is 0 Å². The van der Waals surface area contributed by atoms with Gasteiger partial charge in [-0.05, 0) is 48.6 Å². The van der Waals surface area contributed by atoms with Crippen molar-refractivity contribution in [1.29, 1.82) is 0 Å². The van der Waals surface area contributed by atoms with Crippen LogP contribution in [0.3, 0.4) is 0 Å². The Bertz CT molecular complexity index is 868. The van der Waals surface area contributed by atoms with Gasteiger partial charge in [-0.2, -0.15) is 0 Å². The third-order valence-electron chi connectivity index (χ3n) is 5.69. The predicted octanol–water partition coefficient (Wildman–Crippen LogP) is 2.75. The molecule has 0 saturated carbocycles. The summed E-state index contributed by atoms with van der Waals surface area (Å²) in [5.74, 6) is 2.05. The van der Waals surface area contributed by atoms with E-state index >= 15 is 0 Å². The summed E-state index contributed by atoms with van der Waals surface area (Å²) < 4.78 is 5.21. The monoisotopic (exact) mass is 566 g/mol. The molecule has 1 saturated heterocycles. The van der Waals surface area contributed by atoms with E-state index in [9.17, 15) is 4.79 Å². The molecule has 33 heavy (non-hydrogen) atoms. The number of aromatic nitrogens is 1. The van der Waals surface area contributed by atoms with Gasteiger partial charge in [0.05, 0.1) is 20.2 Å². The van der Waals surface area contributed by atoms with Gasteiger partial charge in [0.1, 0.15) is 5.75 Å². The molecule has 3 rings (SSSR count). The van der Waals surface area contributed by atoms with Gasteiger partial charge >= 0.3 is 0 Å². The number of carbonyl (C=O) groups is 1. The molecule has 180 valence electrons. The number of guanidine groups is 1. The summed E-state index contributed by atoms with van der Waals surface area (Å²) in [5, 5.41) is 6.62. The molecule has 2 heterocycles. The minimum Gasteiger partial charge on any atom is -0.497 e. The number of amides is 1. The largest absolute Gasteiger partial charge is 0.497 e. The molecule has 2 N–H and O–H groups in total. The van der Waals surface area contributed by atoms with Gasteiger partial charge in [0.2, 0.25) is 5.91 Å². The normalized spacial score (nSPS) is 14.3. The lowest BCUT2D eigenvalue weighted by atomic mass is 9.96. The maximum atomic E-state index is 12.0. The van der Waals surface area contributed by atoms with Crippen LogP contribution in [0.1, 0.15) is 18.4 Å². The van der Waals surface area contributed by atoms with Crippen LogP contribution in [0.4, 0.5) is 5.69 Å². The predicted molar refractivity (Wildman–Crippen MR) is 143 cm³/mol. The SMILES string of the molecule is COc1ccc(CN=C(NCC(=O)N(C)C)NCC2CCN(c3ccncc3)CC2)cc1.I. The van der Waals surface area contributed by atoms with Crippen LogP contribution in [0.5, 0.6) is 5.75 Å². The number of benzene rings is 1. The number of methoxy groups -OCH3 is 1. The van der Waals surface area contributed by atoms with Crippen LogP contribution in [-0.2, 0) is 11.3 Å². The number of anilines is 1. The molecule has 0 aliphatic carbocycles. The Balaban J connectivity index is 0.00000385. The average molecular weight is 566 g/mol. The Kier molecular flexibility index (Phi) is 11.2. The fourth-order valence-corrected chi connectivity index (χ4v) is 3.58.